The van der Waals surface area contributed by atoms with Crippen LogP contribution in [-0.2, 0) is 25.0 Å². The average Bonchev–Trinajstić information content (AvgIpc) is 2.93. The highest BCUT2D eigenvalue weighted by molar-refractivity contribution is 7.89. The lowest BCUT2D eigenvalue weighted by Crippen LogP contribution is -2.52. The van der Waals surface area contributed by atoms with Crippen molar-refractivity contribution < 1.29 is 30.7 Å². The Labute approximate surface area is 176 Å². The summed E-state index contributed by atoms with van der Waals surface area (Å²) in [6.07, 6.45) is 5.13. The number of carbonyl (C=O) groups excluding carboxylic acids is 1. The van der Waals surface area contributed by atoms with E-state index >= 15 is 0 Å². The van der Waals surface area contributed by atoms with Crippen LogP contribution in [0.15, 0.2) is 68.8 Å². The molecule has 1 aliphatic carbocycles. The summed E-state index contributed by atoms with van der Waals surface area (Å²) < 4.78 is 61.9. The van der Waals surface area contributed by atoms with Crippen molar-refractivity contribution in [3.63, 3.8) is 0 Å². The number of alkyl halides is 1. The smallest absolute Gasteiger partial charge is 0.284 e. The number of azo groups is 1. The van der Waals surface area contributed by atoms with E-state index in [0.717, 1.165) is 23.2 Å². The summed E-state index contributed by atoms with van der Waals surface area (Å²) >= 11 is 6.12. The second-order valence-corrected chi connectivity index (χ2v) is 10.3. The van der Waals surface area contributed by atoms with E-state index in [-0.39, 0.29) is 16.3 Å². The maximum absolute atomic E-state index is 12.8. The number of allylic oxidation sites excluding steroid dienone is 2. The lowest BCUT2D eigenvalue weighted by Gasteiger charge is -2.33. The van der Waals surface area contributed by atoms with Crippen molar-refractivity contribution in [1.82, 2.24) is 5.01 Å². The number of hydrazone groups is 1. The van der Waals surface area contributed by atoms with Crippen LogP contribution in [0.3, 0.4) is 0 Å². The minimum atomic E-state index is -4.80. The van der Waals surface area contributed by atoms with Crippen LogP contribution in [0.5, 0.6) is 0 Å². The lowest BCUT2D eigenvalue weighted by molar-refractivity contribution is -0.131. The van der Waals surface area contributed by atoms with Gasteiger partial charge in [0.2, 0.25) is 4.21 Å². The van der Waals surface area contributed by atoms with Crippen LogP contribution in [0.1, 0.15) is 6.92 Å². The predicted octanol–water partition coefficient (Wildman–Crippen LogP) is 1.92. The van der Waals surface area contributed by atoms with Gasteiger partial charge in [-0.15, -0.1) is 0 Å². The van der Waals surface area contributed by atoms with Crippen molar-refractivity contribution in [3.05, 3.63) is 48.6 Å². The highest BCUT2D eigenvalue weighted by Gasteiger charge is 2.53. The summed E-state index contributed by atoms with van der Waals surface area (Å²) in [5, 5.41) is 12.6. The van der Waals surface area contributed by atoms with Crippen LogP contribution in [0.25, 0.3) is 0 Å². The van der Waals surface area contributed by atoms with Crippen molar-refractivity contribution in [1.29, 1.82) is 0 Å². The van der Waals surface area contributed by atoms with E-state index in [9.17, 15) is 26.2 Å². The van der Waals surface area contributed by atoms with E-state index in [2.05, 4.69) is 15.3 Å². The summed E-state index contributed by atoms with van der Waals surface area (Å²) in [5.74, 6) is -0.718. The highest BCUT2D eigenvalue weighted by Crippen LogP contribution is 2.36. The minimum absolute atomic E-state index is 0.201. The molecule has 3 unspecified atom stereocenters. The molecule has 2 N–H and O–H groups in total. The molecule has 3 rings (SSSR count). The first-order chi connectivity index (χ1) is 13.8. The summed E-state index contributed by atoms with van der Waals surface area (Å²) in [5.41, 5.74) is 0.405. The van der Waals surface area contributed by atoms with Gasteiger partial charge in [0.05, 0.1) is 16.3 Å². The minimum Gasteiger partial charge on any atom is -0.284 e. The van der Waals surface area contributed by atoms with Crippen molar-refractivity contribution >= 4 is 49.1 Å². The van der Waals surface area contributed by atoms with Crippen LogP contribution in [0.4, 0.5) is 5.69 Å². The monoisotopic (exact) mass is 474 g/mol. The van der Waals surface area contributed by atoms with Crippen LogP contribution < -0.4 is 0 Å². The SMILES string of the molecule is CC1=NN(C2C=CC=CC2(Cl)S(=O)(=O)O)C(=O)C1N=Nc1ccc(S(=O)(=O)O)cc1. The lowest BCUT2D eigenvalue weighted by atomic mass is 10.1. The Kier molecular flexibility index (Phi) is 5.68. The molecular weight excluding hydrogens is 460 g/mol. The number of benzene rings is 1. The fourth-order valence-electron chi connectivity index (χ4n) is 2.79. The molecular formula is C16H15ClN4O7S2. The van der Waals surface area contributed by atoms with E-state index in [1.807, 2.05) is 0 Å². The molecule has 30 heavy (non-hydrogen) atoms. The quantitative estimate of drug-likeness (QED) is 0.373. The third kappa shape index (κ3) is 4.06. The number of rotatable bonds is 5. The number of halogens is 1. The van der Waals surface area contributed by atoms with Gasteiger partial charge < -0.3 is 0 Å². The second kappa shape index (κ2) is 7.67. The van der Waals surface area contributed by atoms with E-state index in [4.69, 9.17) is 16.2 Å². The average molecular weight is 475 g/mol. The molecule has 14 heteroatoms. The maximum atomic E-state index is 12.8. The van der Waals surface area contributed by atoms with Crippen molar-refractivity contribution in [2.24, 2.45) is 15.3 Å². The Morgan fingerprint density at radius 3 is 2.33 bits per heavy atom. The summed E-state index contributed by atoms with van der Waals surface area (Å²) in [4.78, 5) is 12.5. The molecule has 0 spiro atoms. The number of hydrogen-bond acceptors (Lipinski definition) is 8. The Balaban J connectivity index is 1.85. The van der Waals surface area contributed by atoms with Gasteiger partial charge in [-0.25, -0.2) is 5.01 Å². The zero-order valence-electron chi connectivity index (χ0n) is 15.2. The molecule has 0 saturated carbocycles. The highest BCUT2D eigenvalue weighted by atomic mass is 35.5. The molecule has 0 radical (unpaired) electrons. The van der Waals surface area contributed by atoms with Crippen molar-refractivity contribution in [2.75, 3.05) is 0 Å². The third-order valence-electron chi connectivity index (χ3n) is 4.33. The molecule has 1 aromatic rings. The van der Waals surface area contributed by atoms with Gasteiger partial charge in [0.1, 0.15) is 6.04 Å². The van der Waals surface area contributed by atoms with Gasteiger partial charge in [0, 0.05) is 0 Å². The molecule has 2 aliphatic rings. The molecule has 160 valence electrons. The predicted molar refractivity (Wildman–Crippen MR) is 107 cm³/mol. The standard InChI is InChI=1S/C16H15ClN4O7S2/c1-10-14(19-18-11-5-7-12(8-6-11)29(23,24)25)15(22)21(20-10)13-4-2-3-9-16(13,17)30(26,27)28/h2-9,13-14H,1H3,(H,23,24,25)(H,26,27,28). The topological polar surface area (TPSA) is 166 Å². The largest absolute Gasteiger partial charge is 0.294 e. The normalized spacial score (nSPS) is 27.1. The van der Waals surface area contributed by atoms with Gasteiger partial charge in [0.15, 0.2) is 6.04 Å². The van der Waals surface area contributed by atoms with Gasteiger partial charge in [-0.3, -0.25) is 13.9 Å². The number of nitrogens with zero attached hydrogens (tertiary/aromatic N) is 4. The first-order valence-electron chi connectivity index (χ1n) is 8.23. The first-order valence-corrected chi connectivity index (χ1v) is 11.5. The van der Waals surface area contributed by atoms with Gasteiger partial charge in [-0.2, -0.15) is 32.2 Å². The first kappa shape index (κ1) is 22.2. The van der Waals surface area contributed by atoms with Gasteiger partial charge in [-0.05, 0) is 37.3 Å². The number of hydrogen-bond donors (Lipinski definition) is 2. The van der Waals surface area contributed by atoms with Crippen LogP contribution >= 0.6 is 11.6 Å². The van der Waals surface area contributed by atoms with Gasteiger partial charge >= 0.3 is 0 Å². The molecule has 0 saturated heterocycles. The van der Waals surface area contributed by atoms with E-state index < -0.39 is 42.4 Å². The van der Waals surface area contributed by atoms with Crippen molar-refractivity contribution in [2.45, 2.75) is 28.1 Å². The van der Waals surface area contributed by atoms with Crippen LogP contribution in [0, 0.1) is 0 Å². The summed E-state index contributed by atoms with van der Waals surface area (Å²) in [7, 11) is -9.16. The zero-order chi connectivity index (χ0) is 22.3. The Bertz CT molecular complexity index is 1210. The molecule has 1 aromatic carbocycles. The Morgan fingerprint density at radius 2 is 1.77 bits per heavy atom. The molecule has 0 fully saturated rings. The van der Waals surface area contributed by atoms with E-state index in [0.29, 0.717) is 0 Å². The Hall–Kier alpha value is -2.45. The van der Waals surface area contributed by atoms with E-state index in [1.165, 1.54) is 37.3 Å². The molecule has 0 bridgehead atoms. The van der Waals surface area contributed by atoms with Crippen LogP contribution in [-0.4, -0.2) is 58.9 Å². The summed E-state index contributed by atoms with van der Waals surface area (Å²) in [6, 6.07) is 2.27. The number of carbonyl (C=O) groups is 1. The summed E-state index contributed by atoms with van der Waals surface area (Å²) in [6.45, 7) is 1.48. The molecule has 3 atom stereocenters. The molecule has 1 aliphatic heterocycles. The Morgan fingerprint density at radius 1 is 1.13 bits per heavy atom. The fourth-order valence-corrected chi connectivity index (χ4v) is 4.24. The molecule has 1 amide bonds. The van der Waals surface area contributed by atoms with Crippen molar-refractivity contribution in [3.8, 4) is 0 Å². The third-order valence-corrected chi connectivity index (χ3v) is 7.31. The van der Waals surface area contributed by atoms with Gasteiger partial charge in [-0.1, -0.05) is 29.8 Å². The molecule has 0 aromatic heterocycles. The number of amides is 1. The van der Waals surface area contributed by atoms with Crippen LogP contribution in [0.2, 0.25) is 0 Å². The molecule has 11 nitrogen and oxygen atoms in total. The maximum Gasteiger partial charge on any atom is 0.294 e. The zero-order valence-corrected chi connectivity index (χ0v) is 17.6. The second-order valence-electron chi connectivity index (χ2n) is 6.37. The molecule has 1 heterocycles. The fraction of sp³-hybridized carbons (Fsp3) is 0.250. The van der Waals surface area contributed by atoms with Gasteiger partial charge in [0.25, 0.3) is 26.1 Å². The van der Waals surface area contributed by atoms with E-state index in [1.54, 1.807) is 0 Å².